The van der Waals surface area contributed by atoms with E-state index in [0.29, 0.717) is 24.9 Å². The van der Waals surface area contributed by atoms with Crippen LogP contribution >= 0.6 is 0 Å². The van der Waals surface area contributed by atoms with Crippen LogP contribution in [0.3, 0.4) is 0 Å². The van der Waals surface area contributed by atoms with Gasteiger partial charge in [-0.3, -0.25) is 0 Å². The van der Waals surface area contributed by atoms with E-state index in [0.717, 1.165) is 17.0 Å². The predicted molar refractivity (Wildman–Crippen MR) is 89.4 cm³/mol. The van der Waals surface area contributed by atoms with Crippen LogP contribution in [0.2, 0.25) is 0 Å². The minimum absolute atomic E-state index is 0.447. The number of nitrogens with zero attached hydrogens (tertiary/aromatic N) is 2. The molecule has 3 rings (SSSR count). The molecule has 5 heteroatoms. The monoisotopic (exact) mass is 309 g/mol. The van der Waals surface area contributed by atoms with E-state index in [4.69, 9.17) is 9.26 Å². The van der Waals surface area contributed by atoms with Crippen molar-refractivity contribution in [3.05, 3.63) is 60.0 Å². The van der Waals surface area contributed by atoms with Crippen molar-refractivity contribution < 1.29 is 9.26 Å². The van der Waals surface area contributed by atoms with Gasteiger partial charge in [0, 0.05) is 5.56 Å². The van der Waals surface area contributed by atoms with E-state index in [9.17, 15) is 0 Å². The summed E-state index contributed by atoms with van der Waals surface area (Å²) < 4.78 is 10.9. The molecule has 0 aliphatic heterocycles. The number of hydrogen-bond acceptors (Lipinski definition) is 5. The molecule has 0 saturated heterocycles. The van der Waals surface area contributed by atoms with Crippen molar-refractivity contribution in [1.29, 1.82) is 0 Å². The second kappa shape index (κ2) is 6.96. The standard InChI is InChI=1S/C18H19N3O2/c1-3-22-16-7-5-4-6-15(16)19-12-17-20-18(21-23-17)14-10-8-13(2)9-11-14/h4-11,19H,3,12H2,1-2H3. The highest BCUT2D eigenvalue weighted by Gasteiger charge is 2.09. The first-order valence-corrected chi connectivity index (χ1v) is 7.61. The van der Waals surface area contributed by atoms with E-state index in [1.54, 1.807) is 0 Å². The summed E-state index contributed by atoms with van der Waals surface area (Å²) in [6, 6.07) is 15.8. The highest BCUT2D eigenvalue weighted by atomic mass is 16.5. The van der Waals surface area contributed by atoms with Gasteiger partial charge in [0.2, 0.25) is 11.7 Å². The molecular formula is C18H19N3O2. The zero-order chi connectivity index (χ0) is 16.1. The largest absolute Gasteiger partial charge is 0.492 e. The average Bonchev–Trinajstić information content (AvgIpc) is 3.04. The number of benzene rings is 2. The van der Waals surface area contributed by atoms with Gasteiger partial charge in [0.15, 0.2) is 0 Å². The van der Waals surface area contributed by atoms with Crippen LogP contribution in [0, 0.1) is 6.92 Å². The summed E-state index contributed by atoms with van der Waals surface area (Å²) in [6.07, 6.45) is 0. The number of aromatic nitrogens is 2. The molecule has 1 heterocycles. The summed E-state index contributed by atoms with van der Waals surface area (Å²) in [4.78, 5) is 4.42. The zero-order valence-electron chi connectivity index (χ0n) is 13.2. The van der Waals surface area contributed by atoms with Gasteiger partial charge < -0.3 is 14.6 Å². The number of aryl methyl sites for hydroxylation is 1. The molecule has 1 aromatic heterocycles. The number of ether oxygens (including phenoxy) is 1. The van der Waals surface area contributed by atoms with E-state index in [1.807, 2.05) is 62.4 Å². The fourth-order valence-corrected chi connectivity index (χ4v) is 2.21. The first-order chi connectivity index (χ1) is 11.3. The molecule has 5 nitrogen and oxygen atoms in total. The van der Waals surface area contributed by atoms with E-state index in [1.165, 1.54) is 5.56 Å². The Bertz CT molecular complexity index is 766. The van der Waals surface area contributed by atoms with Crippen LogP contribution in [0.15, 0.2) is 53.1 Å². The quantitative estimate of drug-likeness (QED) is 0.744. The van der Waals surface area contributed by atoms with Crippen molar-refractivity contribution in [3.63, 3.8) is 0 Å². The van der Waals surface area contributed by atoms with Gasteiger partial charge in [-0.2, -0.15) is 4.98 Å². The van der Waals surface area contributed by atoms with E-state index >= 15 is 0 Å². The van der Waals surface area contributed by atoms with Crippen molar-refractivity contribution in [2.24, 2.45) is 0 Å². The summed E-state index contributed by atoms with van der Waals surface area (Å²) in [5.74, 6) is 1.94. The zero-order valence-corrected chi connectivity index (χ0v) is 13.2. The summed E-state index contributed by atoms with van der Waals surface area (Å²) in [7, 11) is 0. The fourth-order valence-electron chi connectivity index (χ4n) is 2.21. The van der Waals surface area contributed by atoms with Crippen molar-refractivity contribution in [3.8, 4) is 17.1 Å². The van der Waals surface area contributed by atoms with Gasteiger partial charge in [0.05, 0.1) is 18.8 Å². The smallest absolute Gasteiger partial charge is 0.246 e. The molecule has 0 fully saturated rings. The normalized spacial score (nSPS) is 10.5. The van der Waals surface area contributed by atoms with Crippen LogP contribution in [-0.2, 0) is 6.54 Å². The molecule has 0 unspecified atom stereocenters. The van der Waals surface area contributed by atoms with Crippen molar-refractivity contribution >= 4 is 5.69 Å². The first-order valence-electron chi connectivity index (χ1n) is 7.61. The molecule has 0 saturated carbocycles. The molecule has 0 radical (unpaired) electrons. The van der Waals surface area contributed by atoms with Gasteiger partial charge in [-0.05, 0) is 26.0 Å². The molecule has 1 N–H and O–H groups in total. The number of nitrogens with one attached hydrogen (secondary N) is 1. The lowest BCUT2D eigenvalue weighted by molar-refractivity contribution is 0.341. The molecule has 0 aliphatic rings. The fraction of sp³-hybridized carbons (Fsp3) is 0.222. The molecule has 0 bridgehead atoms. The first kappa shape index (κ1) is 15.1. The maximum absolute atomic E-state index is 5.58. The Balaban J connectivity index is 1.69. The summed E-state index contributed by atoms with van der Waals surface area (Å²) >= 11 is 0. The Morgan fingerprint density at radius 1 is 1.09 bits per heavy atom. The lowest BCUT2D eigenvalue weighted by Gasteiger charge is -2.10. The predicted octanol–water partition coefficient (Wildman–Crippen LogP) is 4.06. The third kappa shape index (κ3) is 3.69. The van der Waals surface area contributed by atoms with Gasteiger partial charge in [-0.25, -0.2) is 0 Å². The number of hydrogen-bond donors (Lipinski definition) is 1. The van der Waals surface area contributed by atoms with Crippen LogP contribution in [0.25, 0.3) is 11.4 Å². The lowest BCUT2D eigenvalue weighted by Crippen LogP contribution is -2.02. The van der Waals surface area contributed by atoms with Crippen molar-refractivity contribution in [2.75, 3.05) is 11.9 Å². The van der Waals surface area contributed by atoms with Gasteiger partial charge >= 0.3 is 0 Å². The molecular weight excluding hydrogens is 290 g/mol. The summed E-state index contributed by atoms with van der Waals surface area (Å²) in [5.41, 5.74) is 3.05. The summed E-state index contributed by atoms with van der Waals surface area (Å²) in [6.45, 7) is 5.08. The Morgan fingerprint density at radius 2 is 1.87 bits per heavy atom. The van der Waals surface area contributed by atoms with Gasteiger partial charge in [-0.15, -0.1) is 0 Å². The molecule has 118 valence electrons. The van der Waals surface area contributed by atoms with Gasteiger partial charge in [-0.1, -0.05) is 47.1 Å². The van der Waals surface area contributed by atoms with E-state index in [-0.39, 0.29) is 0 Å². The Morgan fingerprint density at radius 3 is 2.65 bits per heavy atom. The second-order valence-electron chi connectivity index (χ2n) is 5.16. The third-order valence-electron chi connectivity index (χ3n) is 3.39. The summed E-state index contributed by atoms with van der Waals surface area (Å²) in [5, 5.41) is 7.30. The molecule has 23 heavy (non-hydrogen) atoms. The highest BCUT2D eigenvalue weighted by Crippen LogP contribution is 2.24. The van der Waals surface area contributed by atoms with Gasteiger partial charge in [0.25, 0.3) is 0 Å². The van der Waals surface area contributed by atoms with E-state index in [2.05, 4.69) is 15.5 Å². The van der Waals surface area contributed by atoms with Crippen LogP contribution in [-0.4, -0.2) is 16.7 Å². The van der Waals surface area contributed by atoms with Crippen LogP contribution < -0.4 is 10.1 Å². The molecule has 2 aromatic carbocycles. The molecule has 3 aromatic rings. The van der Waals surface area contributed by atoms with Crippen LogP contribution in [0.5, 0.6) is 5.75 Å². The van der Waals surface area contributed by atoms with Crippen LogP contribution in [0.1, 0.15) is 18.4 Å². The van der Waals surface area contributed by atoms with E-state index < -0.39 is 0 Å². The van der Waals surface area contributed by atoms with Crippen molar-refractivity contribution in [1.82, 2.24) is 10.1 Å². The van der Waals surface area contributed by atoms with Gasteiger partial charge in [0.1, 0.15) is 5.75 Å². The SMILES string of the molecule is CCOc1ccccc1NCc1nc(-c2ccc(C)cc2)no1. The van der Waals surface area contributed by atoms with Crippen molar-refractivity contribution in [2.45, 2.75) is 20.4 Å². The Kier molecular flexibility index (Phi) is 4.57. The number of anilines is 1. The minimum atomic E-state index is 0.447. The average molecular weight is 309 g/mol. The maximum Gasteiger partial charge on any atom is 0.246 e. The minimum Gasteiger partial charge on any atom is -0.492 e. The van der Waals surface area contributed by atoms with Crippen LogP contribution in [0.4, 0.5) is 5.69 Å². The molecule has 0 amide bonds. The number of rotatable bonds is 6. The molecule has 0 spiro atoms. The molecule has 0 atom stereocenters. The lowest BCUT2D eigenvalue weighted by atomic mass is 10.1. The highest BCUT2D eigenvalue weighted by molar-refractivity contribution is 5.57. The maximum atomic E-state index is 5.58. The molecule has 0 aliphatic carbocycles. The Labute approximate surface area is 135 Å². The topological polar surface area (TPSA) is 60.2 Å². The third-order valence-corrected chi connectivity index (χ3v) is 3.39. The second-order valence-corrected chi connectivity index (χ2v) is 5.16. The Hall–Kier alpha value is -2.82. The number of para-hydroxylation sites is 2.